The Bertz CT molecular complexity index is 655. The number of ether oxygens (including phenoxy) is 1. The van der Waals surface area contributed by atoms with E-state index in [0.29, 0.717) is 18.8 Å². The Hall–Kier alpha value is -2.63. The monoisotopic (exact) mass is 301 g/mol. The van der Waals surface area contributed by atoms with Crippen LogP contribution in [-0.2, 0) is 11.3 Å². The molecule has 1 aromatic heterocycles. The molecule has 116 valence electrons. The fourth-order valence-electron chi connectivity index (χ4n) is 2.52. The number of fused-ring (bicyclic) bond motifs is 1. The molecule has 1 amide bonds. The molecule has 0 saturated carbocycles. The largest absolute Gasteiger partial charge is 0.487 e. The van der Waals surface area contributed by atoms with Gasteiger partial charge in [0, 0.05) is 5.69 Å². The van der Waals surface area contributed by atoms with E-state index in [0.717, 1.165) is 17.2 Å². The van der Waals surface area contributed by atoms with Gasteiger partial charge in [-0.1, -0.05) is 0 Å². The highest BCUT2D eigenvalue weighted by Gasteiger charge is 2.24. The number of benzene rings is 1. The number of carbonyl (C=O) groups excluding carboxylic acids is 1. The Balaban J connectivity index is 1.67. The first kappa shape index (κ1) is 14.3. The van der Waals surface area contributed by atoms with Crippen molar-refractivity contribution in [1.29, 1.82) is 0 Å². The number of hydrogen-bond donors (Lipinski definition) is 2. The van der Waals surface area contributed by atoms with Crippen LogP contribution in [0.15, 0.2) is 41.0 Å². The van der Waals surface area contributed by atoms with E-state index in [9.17, 15) is 4.79 Å². The summed E-state index contributed by atoms with van der Waals surface area (Å²) in [5.74, 6) is 1.42. The van der Waals surface area contributed by atoms with E-state index in [-0.39, 0.29) is 18.6 Å². The molecule has 22 heavy (non-hydrogen) atoms. The van der Waals surface area contributed by atoms with Gasteiger partial charge < -0.3 is 25.1 Å². The van der Waals surface area contributed by atoms with Crippen molar-refractivity contribution in [1.82, 2.24) is 5.32 Å². The molecule has 0 spiro atoms. The second-order valence-corrected chi connectivity index (χ2v) is 5.39. The van der Waals surface area contributed by atoms with Gasteiger partial charge in [0.05, 0.1) is 31.6 Å². The molecule has 0 bridgehead atoms. The number of amides is 1. The lowest BCUT2D eigenvalue weighted by molar-refractivity contribution is -0.120. The van der Waals surface area contributed by atoms with Crippen molar-refractivity contribution in [2.45, 2.75) is 19.6 Å². The van der Waals surface area contributed by atoms with Gasteiger partial charge in [0.25, 0.3) is 0 Å². The standard InChI is InChI=1S/C16H19N3O3/c1-11-9-19(14-7-12(17)4-5-15(14)22-11)10-16(20)18-8-13-3-2-6-21-13/h2-7,11H,8-10,17H2,1H3,(H,18,20). The minimum atomic E-state index is -0.0705. The Morgan fingerprint density at radius 2 is 2.32 bits per heavy atom. The average molecular weight is 301 g/mol. The molecule has 2 aromatic rings. The van der Waals surface area contributed by atoms with Crippen molar-refractivity contribution in [3.63, 3.8) is 0 Å². The van der Waals surface area contributed by atoms with Crippen LogP contribution in [0.2, 0.25) is 0 Å². The summed E-state index contributed by atoms with van der Waals surface area (Å²) in [6.07, 6.45) is 1.61. The first-order valence-electron chi connectivity index (χ1n) is 7.22. The zero-order valence-electron chi connectivity index (χ0n) is 12.4. The maximum atomic E-state index is 12.1. The number of furan rings is 1. The maximum absolute atomic E-state index is 12.1. The van der Waals surface area contributed by atoms with E-state index in [1.54, 1.807) is 18.4 Å². The number of rotatable bonds is 4. The van der Waals surface area contributed by atoms with Crippen molar-refractivity contribution >= 4 is 17.3 Å². The van der Waals surface area contributed by atoms with Gasteiger partial charge >= 0.3 is 0 Å². The Labute approximate surface area is 128 Å². The number of anilines is 2. The van der Waals surface area contributed by atoms with Crippen LogP contribution in [0.3, 0.4) is 0 Å². The number of nitrogens with zero attached hydrogens (tertiary/aromatic N) is 1. The molecular formula is C16H19N3O3. The number of nitrogens with one attached hydrogen (secondary N) is 1. The molecule has 1 aliphatic heterocycles. The first-order chi connectivity index (χ1) is 10.6. The van der Waals surface area contributed by atoms with Crippen LogP contribution in [0.4, 0.5) is 11.4 Å². The van der Waals surface area contributed by atoms with Gasteiger partial charge in [0.2, 0.25) is 5.91 Å². The summed E-state index contributed by atoms with van der Waals surface area (Å²) in [6.45, 7) is 3.26. The Morgan fingerprint density at radius 1 is 1.45 bits per heavy atom. The normalized spacial score (nSPS) is 16.8. The summed E-state index contributed by atoms with van der Waals surface area (Å²) in [4.78, 5) is 14.1. The molecule has 1 atom stereocenters. The molecule has 1 aromatic carbocycles. The highest BCUT2D eigenvalue weighted by molar-refractivity contribution is 5.82. The van der Waals surface area contributed by atoms with Crippen LogP contribution in [0.25, 0.3) is 0 Å². The smallest absolute Gasteiger partial charge is 0.239 e. The second kappa shape index (κ2) is 6.01. The van der Waals surface area contributed by atoms with Gasteiger partial charge in [0.15, 0.2) is 0 Å². The molecule has 1 unspecified atom stereocenters. The van der Waals surface area contributed by atoms with Gasteiger partial charge in [-0.15, -0.1) is 0 Å². The molecule has 0 radical (unpaired) electrons. The fourth-order valence-corrected chi connectivity index (χ4v) is 2.52. The van der Waals surface area contributed by atoms with E-state index in [1.165, 1.54) is 0 Å². The lowest BCUT2D eigenvalue weighted by atomic mass is 10.2. The zero-order chi connectivity index (χ0) is 15.5. The predicted molar refractivity (Wildman–Crippen MR) is 83.7 cm³/mol. The number of carbonyl (C=O) groups is 1. The Morgan fingerprint density at radius 3 is 3.09 bits per heavy atom. The first-order valence-corrected chi connectivity index (χ1v) is 7.22. The lowest BCUT2D eigenvalue weighted by Crippen LogP contribution is -2.44. The molecule has 3 rings (SSSR count). The molecule has 0 saturated heterocycles. The topological polar surface area (TPSA) is 80.7 Å². The van der Waals surface area contributed by atoms with Crippen LogP contribution < -0.4 is 20.7 Å². The van der Waals surface area contributed by atoms with Crippen molar-refractivity contribution in [2.24, 2.45) is 0 Å². The third-order valence-corrected chi connectivity index (χ3v) is 3.50. The van der Waals surface area contributed by atoms with Crippen LogP contribution in [-0.4, -0.2) is 25.1 Å². The minimum absolute atomic E-state index is 0.0222. The SMILES string of the molecule is CC1CN(CC(=O)NCc2ccco2)c2cc(N)ccc2O1. The molecule has 3 N–H and O–H groups in total. The predicted octanol–water partition coefficient (Wildman–Crippen LogP) is 1.77. The summed E-state index contributed by atoms with van der Waals surface area (Å²) < 4.78 is 11.0. The van der Waals surface area contributed by atoms with Crippen LogP contribution in [0.5, 0.6) is 5.75 Å². The molecule has 2 heterocycles. The third-order valence-electron chi connectivity index (χ3n) is 3.50. The van der Waals surface area contributed by atoms with Gasteiger partial charge in [-0.2, -0.15) is 0 Å². The molecular weight excluding hydrogens is 282 g/mol. The molecule has 0 fully saturated rings. The van der Waals surface area contributed by atoms with Crippen molar-refractivity contribution in [3.8, 4) is 5.75 Å². The highest BCUT2D eigenvalue weighted by Crippen LogP contribution is 2.34. The van der Waals surface area contributed by atoms with Gasteiger partial charge in [-0.3, -0.25) is 4.79 Å². The lowest BCUT2D eigenvalue weighted by Gasteiger charge is -2.34. The van der Waals surface area contributed by atoms with Crippen molar-refractivity contribution in [2.75, 3.05) is 23.7 Å². The zero-order valence-corrected chi connectivity index (χ0v) is 12.4. The molecule has 6 heteroatoms. The molecule has 6 nitrogen and oxygen atoms in total. The van der Waals surface area contributed by atoms with Gasteiger partial charge in [0.1, 0.15) is 17.6 Å². The summed E-state index contributed by atoms with van der Waals surface area (Å²) in [5, 5.41) is 2.85. The fraction of sp³-hybridized carbons (Fsp3) is 0.312. The van der Waals surface area contributed by atoms with Crippen LogP contribution >= 0.6 is 0 Å². The van der Waals surface area contributed by atoms with E-state index >= 15 is 0 Å². The van der Waals surface area contributed by atoms with Crippen LogP contribution in [0.1, 0.15) is 12.7 Å². The average Bonchev–Trinajstić information content (AvgIpc) is 2.99. The maximum Gasteiger partial charge on any atom is 0.239 e. The number of nitrogens with two attached hydrogens (primary N) is 1. The van der Waals surface area contributed by atoms with Crippen LogP contribution in [0, 0.1) is 0 Å². The van der Waals surface area contributed by atoms with Gasteiger partial charge in [-0.05, 0) is 37.3 Å². The summed E-state index contributed by atoms with van der Waals surface area (Å²) in [5.41, 5.74) is 7.34. The number of nitrogen functional groups attached to an aromatic ring is 1. The van der Waals surface area contributed by atoms with E-state index in [4.69, 9.17) is 14.9 Å². The Kier molecular flexibility index (Phi) is 3.91. The summed E-state index contributed by atoms with van der Waals surface area (Å²) in [7, 11) is 0. The second-order valence-electron chi connectivity index (χ2n) is 5.39. The molecule has 1 aliphatic rings. The summed E-state index contributed by atoms with van der Waals surface area (Å²) >= 11 is 0. The highest BCUT2D eigenvalue weighted by atomic mass is 16.5. The van der Waals surface area contributed by atoms with Crippen molar-refractivity contribution in [3.05, 3.63) is 42.4 Å². The van der Waals surface area contributed by atoms with Gasteiger partial charge in [-0.25, -0.2) is 0 Å². The summed E-state index contributed by atoms with van der Waals surface area (Å²) in [6, 6.07) is 9.10. The third kappa shape index (κ3) is 3.16. The van der Waals surface area contributed by atoms with E-state index < -0.39 is 0 Å². The van der Waals surface area contributed by atoms with E-state index in [2.05, 4.69) is 5.32 Å². The molecule has 0 aliphatic carbocycles. The van der Waals surface area contributed by atoms with Crippen molar-refractivity contribution < 1.29 is 13.9 Å². The quantitative estimate of drug-likeness (QED) is 0.841. The number of hydrogen-bond acceptors (Lipinski definition) is 5. The van der Waals surface area contributed by atoms with E-state index in [1.807, 2.05) is 30.0 Å². The minimum Gasteiger partial charge on any atom is -0.487 e.